The lowest BCUT2D eigenvalue weighted by Crippen LogP contribution is -2.36. The molecule has 3 N–H and O–H groups in total. The van der Waals surface area contributed by atoms with Crippen molar-refractivity contribution in [3.63, 3.8) is 0 Å². The van der Waals surface area contributed by atoms with E-state index < -0.39 is 29.7 Å². The van der Waals surface area contributed by atoms with Crippen LogP contribution in [0.15, 0.2) is 12.1 Å². The SMILES string of the molecule is Cn1nnc(-c2ccc(NC(=O)[C@H]3CCCC[C@@H]3C(=O)O)c(F)n2)c1CO. The summed E-state index contributed by atoms with van der Waals surface area (Å²) in [5.74, 6) is -3.91. The topological polar surface area (TPSA) is 130 Å². The van der Waals surface area contributed by atoms with E-state index in [0.29, 0.717) is 18.5 Å². The number of aromatic nitrogens is 4. The summed E-state index contributed by atoms with van der Waals surface area (Å²) in [5, 5.41) is 28.7. The van der Waals surface area contributed by atoms with Crippen molar-refractivity contribution in [1.29, 1.82) is 0 Å². The maximum atomic E-state index is 14.4. The molecule has 144 valence electrons. The van der Waals surface area contributed by atoms with Gasteiger partial charge in [0.15, 0.2) is 0 Å². The van der Waals surface area contributed by atoms with E-state index in [1.807, 2.05) is 0 Å². The standard InChI is InChI=1S/C17H20FN5O4/c1-23-13(8-24)14(21-22-23)11-6-7-12(15(18)19-11)20-16(25)9-4-2-3-5-10(9)17(26)27/h6-7,9-10,24H,2-5,8H2,1H3,(H,20,25)(H,26,27)/t9-,10-/m0/s1. The van der Waals surface area contributed by atoms with Gasteiger partial charge < -0.3 is 15.5 Å². The highest BCUT2D eigenvalue weighted by molar-refractivity contribution is 5.95. The third-order valence-electron chi connectivity index (χ3n) is 4.86. The Morgan fingerprint density at radius 3 is 2.63 bits per heavy atom. The number of carboxylic acid groups (broad SMARTS) is 1. The average Bonchev–Trinajstić information content (AvgIpc) is 3.03. The summed E-state index contributed by atoms with van der Waals surface area (Å²) in [6, 6.07) is 2.79. The first-order chi connectivity index (χ1) is 12.9. The molecule has 1 fully saturated rings. The van der Waals surface area contributed by atoms with E-state index >= 15 is 0 Å². The molecule has 27 heavy (non-hydrogen) atoms. The van der Waals surface area contributed by atoms with Crippen molar-refractivity contribution in [2.75, 3.05) is 5.32 Å². The van der Waals surface area contributed by atoms with Gasteiger partial charge in [-0.05, 0) is 25.0 Å². The first-order valence-electron chi connectivity index (χ1n) is 8.62. The van der Waals surface area contributed by atoms with Gasteiger partial charge in [-0.25, -0.2) is 9.67 Å². The minimum atomic E-state index is -1.01. The molecule has 2 aromatic heterocycles. The van der Waals surface area contributed by atoms with E-state index in [4.69, 9.17) is 0 Å². The van der Waals surface area contributed by atoms with Crippen molar-refractivity contribution in [2.24, 2.45) is 18.9 Å². The third-order valence-corrected chi connectivity index (χ3v) is 4.86. The van der Waals surface area contributed by atoms with Gasteiger partial charge in [0.2, 0.25) is 11.9 Å². The quantitative estimate of drug-likeness (QED) is 0.670. The van der Waals surface area contributed by atoms with Crippen LogP contribution in [0.25, 0.3) is 11.4 Å². The number of nitrogens with one attached hydrogen (secondary N) is 1. The van der Waals surface area contributed by atoms with Crippen molar-refractivity contribution in [2.45, 2.75) is 32.3 Å². The number of aliphatic hydroxyl groups excluding tert-OH is 1. The average molecular weight is 377 g/mol. The summed E-state index contributed by atoms with van der Waals surface area (Å²) >= 11 is 0. The molecule has 0 aromatic carbocycles. The lowest BCUT2D eigenvalue weighted by Gasteiger charge is -2.27. The van der Waals surface area contributed by atoms with Crippen molar-refractivity contribution < 1.29 is 24.2 Å². The number of aryl methyl sites for hydroxylation is 1. The van der Waals surface area contributed by atoms with Crippen LogP contribution in [0, 0.1) is 17.8 Å². The Morgan fingerprint density at radius 1 is 1.30 bits per heavy atom. The van der Waals surface area contributed by atoms with Crippen molar-refractivity contribution in [1.82, 2.24) is 20.0 Å². The highest BCUT2D eigenvalue weighted by atomic mass is 19.1. The largest absolute Gasteiger partial charge is 0.481 e. The van der Waals surface area contributed by atoms with Crippen molar-refractivity contribution in [3.05, 3.63) is 23.8 Å². The monoisotopic (exact) mass is 377 g/mol. The van der Waals surface area contributed by atoms with Gasteiger partial charge in [-0.2, -0.15) is 4.39 Å². The number of carbonyl (C=O) groups excluding carboxylic acids is 1. The molecule has 0 bridgehead atoms. The van der Waals surface area contributed by atoms with Crippen LogP contribution in [0.4, 0.5) is 10.1 Å². The second-order valence-corrected chi connectivity index (χ2v) is 6.53. The van der Waals surface area contributed by atoms with Gasteiger partial charge >= 0.3 is 5.97 Å². The van der Waals surface area contributed by atoms with Crippen LogP contribution in [0.3, 0.4) is 0 Å². The third kappa shape index (κ3) is 3.80. The number of amides is 1. The number of nitrogens with zero attached hydrogens (tertiary/aromatic N) is 4. The Labute approximate surface area is 154 Å². The molecule has 0 aliphatic heterocycles. The zero-order valence-corrected chi connectivity index (χ0v) is 14.7. The van der Waals surface area contributed by atoms with Gasteiger partial charge in [0, 0.05) is 7.05 Å². The molecule has 0 unspecified atom stereocenters. The van der Waals surface area contributed by atoms with Crippen LogP contribution in [0.1, 0.15) is 31.4 Å². The van der Waals surface area contributed by atoms with Crippen LogP contribution in [-0.4, -0.2) is 42.1 Å². The number of aliphatic hydroxyl groups is 1. The maximum absolute atomic E-state index is 14.4. The van der Waals surface area contributed by atoms with E-state index in [9.17, 15) is 24.2 Å². The Morgan fingerprint density at radius 2 is 2.00 bits per heavy atom. The summed E-state index contributed by atoms with van der Waals surface area (Å²) in [6.07, 6.45) is 2.41. The van der Waals surface area contributed by atoms with E-state index in [1.54, 1.807) is 7.05 Å². The van der Waals surface area contributed by atoms with Gasteiger partial charge in [-0.1, -0.05) is 18.1 Å². The van der Waals surface area contributed by atoms with Gasteiger partial charge in [0.05, 0.1) is 35.5 Å². The van der Waals surface area contributed by atoms with Gasteiger partial charge in [-0.15, -0.1) is 5.10 Å². The summed E-state index contributed by atoms with van der Waals surface area (Å²) < 4.78 is 15.8. The molecular weight excluding hydrogens is 357 g/mol. The van der Waals surface area contributed by atoms with Crippen LogP contribution >= 0.6 is 0 Å². The van der Waals surface area contributed by atoms with Crippen LogP contribution in [0.2, 0.25) is 0 Å². The molecule has 1 aliphatic rings. The van der Waals surface area contributed by atoms with E-state index in [1.165, 1.54) is 16.8 Å². The predicted molar refractivity (Wildman–Crippen MR) is 91.8 cm³/mol. The number of hydrogen-bond donors (Lipinski definition) is 3. The van der Waals surface area contributed by atoms with E-state index in [0.717, 1.165) is 12.8 Å². The second-order valence-electron chi connectivity index (χ2n) is 6.53. The Hall–Kier alpha value is -2.88. The molecule has 9 nitrogen and oxygen atoms in total. The normalized spacial score (nSPS) is 19.7. The zero-order chi connectivity index (χ0) is 19.6. The molecule has 2 heterocycles. The number of rotatable bonds is 5. The number of anilines is 1. The Balaban J connectivity index is 1.80. The molecule has 0 saturated heterocycles. The highest BCUT2D eigenvalue weighted by Crippen LogP contribution is 2.31. The number of aliphatic carboxylic acids is 1. The highest BCUT2D eigenvalue weighted by Gasteiger charge is 2.36. The number of halogens is 1. The Kier molecular flexibility index (Phi) is 5.45. The lowest BCUT2D eigenvalue weighted by molar-refractivity contribution is -0.147. The minimum Gasteiger partial charge on any atom is -0.481 e. The summed E-state index contributed by atoms with van der Waals surface area (Å²) in [6.45, 7) is -0.334. The van der Waals surface area contributed by atoms with E-state index in [-0.39, 0.29) is 23.7 Å². The van der Waals surface area contributed by atoms with Gasteiger partial charge in [0.1, 0.15) is 5.69 Å². The molecule has 3 rings (SSSR count). The molecule has 2 aromatic rings. The molecule has 1 aliphatic carbocycles. The number of carbonyl (C=O) groups is 2. The molecule has 1 saturated carbocycles. The Bertz CT molecular complexity index is 869. The summed E-state index contributed by atoms with van der Waals surface area (Å²) in [5.41, 5.74) is 0.664. The van der Waals surface area contributed by atoms with Crippen molar-refractivity contribution in [3.8, 4) is 11.4 Å². The molecule has 2 atom stereocenters. The summed E-state index contributed by atoms with van der Waals surface area (Å²) in [7, 11) is 1.59. The molecule has 0 radical (unpaired) electrons. The maximum Gasteiger partial charge on any atom is 0.307 e. The fourth-order valence-corrected chi connectivity index (χ4v) is 3.38. The van der Waals surface area contributed by atoms with Gasteiger partial charge in [-0.3, -0.25) is 9.59 Å². The lowest BCUT2D eigenvalue weighted by atomic mass is 9.78. The van der Waals surface area contributed by atoms with Crippen molar-refractivity contribution >= 4 is 17.6 Å². The van der Waals surface area contributed by atoms with Crippen LogP contribution in [-0.2, 0) is 23.2 Å². The molecular formula is C17H20FN5O4. The smallest absolute Gasteiger partial charge is 0.307 e. The molecule has 1 amide bonds. The first-order valence-corrected chi connectivity index (χ1v) is 8.62. The number of carboxylic acids is 1. The van der Waals surface area contributed by atoms with Crippen LogP contribution < -0.4 is 5.32 Å². The number of hydrogen-bond acceptors (Lipinski definition) is 6. The number of pyridine rings is 1. The fourth-order valence-electron chi connectivity index (χ4n) is 3.38. The first kappa shape index (κ1) is 18.9. The molecule has 0 spiro atoms. The predicted octanol–water partition coefficient (Wildman–Crippen LogP) is 1.34. The fraction of sp³-hybridized carbons (Fsp3) is 0.471. The second kappa shape index (κ2) is 7.78. The minimum absolute atomic E-state index is 0.132. The van der Waals surface area contributed by atoms with Gasteiger partial charge in [0.25, 0.3) is 0 Å². The summed E-state index contributed by atoms with van der Waals surface area (Å²) in [4.78, 5) is 27.6. The van der Waals surface area contributed by atoms with E-state index in [2.05, 4.69) is 20.6 Å². The zero-order valence-electron chi connectivity index (χ0n) is 14.7. The van der Waals surface area contributed by atoms with Crippen LogP contribution in [0.5, 0.6) is 0 Å². The molecule has 10 heteroatoms.